The molecular formula is C20H39N3. The predicted octanol–water partition coefficient (Wildman–Crippen LogP) is 5.26. The number of unbranched alkanes of at least 4 members (excludes halogenated alkanes) is 9. The molecule has 0 amide bonds. The number of allylic oxidation sites excluding steroid dienone is 2. The Morgan fingerprint density at radius 3 is 2.26 bits per heavy atom. The van der Waals surface area contributed by atoms with E-state index < -0.39 is 0 Å². The van der Waals surface area contributed by atoms with Gasteiger partial charge in [0.1, 0.15) is 5.84 Å². The second-order valence-corrected chi connectivity index (χ2v) is 6.86. The number of nitrogens with two attached hydrogens (primary N) is 1. The number of rotatable bonds is 14. The van der Waals surface area contributed by atoms with Gasteiger partial charge in [0, 0.05) is 13.0 Å². The molecule has 0 bridgehead atoms. The van der Waals surface area contributed by atoms with Gasteiger partial charge in [0.2, 0.25) is 0 Å². The van der Waals surface area contributed by atoms with Crippen LogP contribution < -0.4 is 5.73 Å². The summed E-state index contributed by atoms with van der Waals surface area (Å²) in [7, 11) is 0. The van der Waals surface area contributed by atoms with Gasteiger partial charge >= 0.3 is 0 Å². The number of nitrogens with zero attached hydrogens (tertiary/aromatic N) is 2. The highest BCUT2D eigenvalue weighted by molar-refractivity contribution is 5.83. The summed E-state index contributed by atoms with van der Waals surface area (Å²) in [6.07, 6.45) is 20.7. The Bertz CT molecular complexity index is 334. The van der Waals surface area contributed by atoms with Crippen LogP contribution >= 0.6 is 0 Å². The zero-order chi connectivity index (χ0) is 16.8. The van der Waals surface area contributed by atoms with Crippen LogP contribution in [-0.2, 0) is 0 Å². The van der Waals surface area contributed by atoms with Crippen molar-refractivity contribution in [1.29, 1.82) is 0 Å². The van der Waals surface area contributed by atoms with Crippen molar-refractivity contribution >= 4 is 5.84 Å². The Morgan fingerprint density at radius 2 is 1.61 bits per heavy atom. The first-order valence-electron chi connectivity index (χ1n) is 9.96. The number of amidine groups is 1. The highest BCUT2D eigenvalue weighted by atomic mass is 15.3. The highest BCUT2D eigenvalue weighted by Gasteiger charge is 2.18. The summed E-state index contributed by atoms with van der Waals surface area (Å²) >= 11 is 0. The molecule has 1 aliphatic heterocycles. The molecule has 0 aliphatic carbocycles. The molecule has 1 unspecified atom stereocenters. The van der Waals surface area contributed by atoms with E-state index in [1.54, 1.807) is 0 Å². The number of hydrogen-bond acceptors (Lipinski definition) is 3. The first-order chi connectivity index (χ1) is 11.3. The van der Waals surface area contributed by atoms with Crippen molar-refractivity contribution in [2.45, 2.75) is 97.1 Å². The molecule has 0 spiro atoms. The van der Waals surface area contributed by atoms with E-state index in [4.69, 9.17) is 5.73 Å². The maximum absolute atomic E-state index is 5.97. The standard InChI is InChI=1S/C20H39N3/c1-3-4-5-6-7-8-9-10-11-12-13-14-15-16-20-22-17-18-23(20)19(2)21/h10-11,19H,3-9,12-18,21H2,1-2H3/b11-10+. The average Bonchev–Trinajstić information content (AvgIpc) is 3.00. The summed E-state index contributed by atoms with van der Waals surface area (Å²) in [5.41, 5.74) is 5.97. The molecule has 0 saturated carbocycles. The molecule has 0 aromatic rings. The number of aliphatic imine (C=N–C) groups is 1. The third-order valence-electron chi connectivity index (χ3n) is 4.62. The lowest BCUT2D eigenvalue weighted by Gasteiger charge is -2.24. The summed E-state index contributed by atoms with van der Waals surface area (Å²) in [5.74, 6) is 1.23. The lowest BCUT2D eigenvalue weighted by Crippen LogP contribution is -2.41. The molecule has 1 heterocycles. The fourth-order valence-electron chi connectivity index (χ4n) is 3.17. The number of hydrogen-bond donors (Lipinski definition) is 1. The Labute approximate surface area is 144 Å². The van der Waals surface area contributed by atoms with E-state index in [2.05, 4.69) is 35.9 Å². The van der Waals surface area contributed by atoms with Crippen LogP contribution in [0.3, 0.4) is 0 Å². The van der Waals surface area contributed by atoms with Crippen LogP contribution in [0.25, 0.3) is 0 Å². The predicted molar refractivity (Wildman–Crippen MR) is 103 cm³/mol. The average molecular weight is 322 g/mol. The molecule has 2 N–H and O–H groups in total. The topological polar surface area (TPSA) is 41.6 Å². The second kappa shape index (κ2) is 13.6. The molecular weight excluding hydrogens is 282 g/mol. The van der Waals surface area contributed by atoms with Gasteiger partial charge in [-0.15, -0.1) is 0 Å². The summed E-state index contributed by atoms with van der Waals surface area (Å²) in [6.45, 7) is 6.26. The van der Waals surface area contributed by atoms with Gasteiger partial charge in [0.05, 0.1) is 12.7 Å². The molecule has 0 aromatic carbocycles. The Hall–Kier alpha value is -0.830. The normalized spacial score (nSPS) is 16.3. The fourth-order valence-corrected chi connectivity index (χ4v) is 3.17. The third kappa shape index (κ3) is 9.80. The molecule has 1 atom stereocenters. The maximum Gasteiger partial charge on any atom is 0.100 e. The van der Waals surface area contributed by atoms with E-state index in [1.807, 2.05) is 0 Å². The molecule has 3 nitrogen and oxygen atoms in total. The lowest BCUT2D eigenvalue weighted by atomic mass is 10.1. The lowest BCUT2D eigenvalue weighted by molar-refractivity contribution is 0.359. The SMILES string of the molecule is CCCCCCCC/C=C/CCCCCC1=NCCN1C(C)N. The zero-order valence-corrected chi connectivity index (χ0v) is 15.6. The van der Waals surface area contributed by atoms with E-state index in [-0.39, 0.29) is 6.17 Å². The van der Waals surface area contributed by atoms with Crippen molar-refractivity contribution in [3.05, 3.63) is 12.2 Å². The molecule has 0 radical (unpaired) electrons. The summed E-state index contributed by atoms with van der Waals surface area (Å²) < 4.78 is 0. The van der Waals surface area contributed by atoms with Crippen molar-refractivity contribution < 1.29 is 0 Å². The van der Waals surface area contributed by atoms with Crippen LogP contribution in [0.5, 0.6) is 0 Å². The molecule has 1 aliphatic rings. The minimum absolute atomic E-state index is 0.112. The van der Waals surface area contributed by atoms with Crippen molar-refractivity contribution in [2.75, 3.05) is 13.1 Å². The largest absolute Gasteiger partial charge is 0.343 e. The van der Waals surface area contributed by atoms with E-state index >= 15 is 0 Å². The minimum atomic E-state index is 0.112. The van der Waals surface area contributed by atoms with Gasteiger partial charge in [-0.2, -0.15) is 0 Å². The third-order valence-corrected chi connectivity index (χ3v) is 4.62. The van der Waals surface area contributed by atoms with Gasteiger partial charge in [-0.25, -0.2) is 0 Å². The van der Waals surface area contributed by atoms with Crippen molar-refractivity contribution in [3.63, 3.8) is 0 Å². The van der Waals surface area contributed by atoms with Gasteiger partial charge in [0.25, 0.3) is 0 Å². The van der Waals surface area contributed by atoms with E-state index in [9.17, 15) is 0 Å². The minimum Gasteiger partial charge on any atom is -0.343 e. The zero-order valence-electron chi connectivity index (χ0n) is 15.6. The van der Waals surface area contributed by atoms with Gasteiger partial charge in [-0.1, -0.05) is 57.6 Å². The summed E-state index contributed by atoms with van der Waals surface area (Å²) in [6, 6.07) is 0. The Balaban J connectivity index is 1.89. The molecule has 0 saturated heterocycles. The van der Waals surface area contributed by atoms with Crippen LogP contribution in [0.4, 0.5) is 0 Å². The van der Waals surface area contributed by atoms with Crippen LogP contribution in [0.1, 0.15) is 90.9 Å². The fraction of sp³-hybridized carbons (Fsp3) is 0.850. The van der Waals surface area contributed by atoms with Gasteiger partial charge < -0.3 is 10.6 Å². The monoisotopic (exact) mass is 321 g/mol. The Morgan fingerprint density at radius 1 is 1.00 bits per heavy atom. The Kier molecular flexibility index (Phi) is 11.9. The van der Waals surface area contributed by atoms with Crippen molar-refractivity contribution in [3.8, 4) is 0 Å². The molecule has 23 heavy (non-hydrogen) atoms. The van der Waals surface area contributed by atoms with E-state index in [0.29, 0.717) is 0 Å². The van der Waals surface area contributed by atoms with Crippen molar-refractivity contribution in [2.24, 2.45) is 10.7 Å². The van der Waals surface area contributed by atoms with E-state index in [0.717, 1.165) is 19.5 Å². The summed E-state index contributed by atoms with van der Waals surface area (Å²) in [5, 5.41) is 0. The smallest absolute Gasteiger partial charge is 0.100 e. The molecule has 0 aromatic heterocycles. The van der Waals surface area contributed by atoms with Crippen LogP contribution in [0, 0.1) is 0 Å². The second-order valence-electron chi connectivity index (χ2n) is 6.86. The molecule has 0 fully saturated rings. The summed E-state index contributed by atoms with van der Waals surface area (Å²) in [4.78, 5) is 6.83. The van der Waals surface area contributed by atoms with Crippen LogP contribution in [0.15, 0.2) is 17.1 Å². The molecule has 134 valence electrons. The molecule has 3 heteroatoms. The first-order valence-corrected chi connectivity index (χ1v) is 9.96. The van der Waals surface area contributed by atoms with E-state index in [1.165, 1.54) is 76.5 Å². The van der Waals surface area contributed by atoms with Crippen LogP contribution in [0.2, 0.25) is 0 Å². The van der Waals surface area contributed by atoms with Crippen molar-refractivity contribution in [1.82, 2.24) is 4.90 Å². The maximum atomic E-state index is 5.97. The van der Waals surface area contributed by atoms with Gasteiger partial charge in [-0.05, 0) is 39.0 Å². The highest BCUT2D eigenvalue weighted by Crippen LogP contribution is 2.12. The quantitative estimate of drug-likeness (QED) is 0.350. The molecule has 1 rings (SSSR count). The van der Waals surface area contributed by atoms with Gasteiger partial charge in [-0.3, -0.25) is 4.99 Å². The van der Waals surface area contributed by atoms with Gasteiger partial charge in [0.15, 0.2) is 0 Å². The van der Waals surface area contributed by atoms with Crippen LogP contribution in [-0.4, -0.2) is 30.0 Å². The first kappa shape index (κ1) is 20.2.